The minimum absolute atomic E-state index is 0.146. The van der Waals surface area contributed by atoms with Crippen molar-refractivity contribution in [1.82, 2.24) is 4.90 Å². The van der Waals surface area contributed by atoms with Crippen molar-refractivity contribution in [2.45, 2.75) is 19.8 Å². The van der Waals surface area contributed by atoms with Gasteiger partial charge in [0.1, 0.15) is 0 Å². The summed E-state index contributed by atoms with van der Waals surface area (Å²) in [5.41, 5.74) is 3.30. The molecule has 1 heterocycles. The molecule has 0 spiro atoms. The number of hydrogen-bond donors (Lipinski definition) is 0. The lowest BCUT2D eigenvalue weighted by atomic mass is 10.0. The molecule has 0 atom stereocenters. The van der Waals surface area contributed by atoms with Crippen LogP contribution in [0.5, 0.6) is 0 Å². The van der Waals surface area contributed by atoms with Crippen molar-refractivity contribution in [2.24, 2.45) is 0 Å². The fraction of sp³-hybridized carbons (Fsp3) is 0.350. The van der Waals surface area contributed by atoms with Crippen molar-refractivity contribution >= 4 is 11.6 Å². The number of benzene rings is 2. The first-order valence-corrected chi connectivity index (χ1v) is 8.34. The summed E-state index contributed by atoms with van der Waals surface area (Å²) in [6.07, 6.45) is 0. The predicted octanol–water partition coefficient (Wildman–Crippen LogP) is 3.77. The van der Waals surface area contributed by atoms with Crippen LogP contribution in [-0.2, 0) is 0 Å². The van der Waals surface area contributed by atoms with Crippen molar-refractivity contribution in [3.8, 4) is 0 Å². The van der Waals surface area contributed by atoms with Gasteiger partial charge < -0.3 is 9.80 Å². The first-order valence-electron chi connectivity index (χ1n) is 8.34. The molecule has 1 saturated heterocycles. The van der Waals surface area contributed by atoms with E-state index in [1.807, 2.05) is 23.1 Å². The molecule has 0 radical (unpaired) electrons. The number of amides is 1. The highest BCUT2D eigenvalue weighted by atomic mass is 16.2. The number of para-hydroxylation sites is 1. The minimum atomic E-state index is 0.146. The molecule has 2 aromatic carbocycles. The summed E-state index contributed by atoms with van der Waals surface area (Å²) >= 11 is 0. The Hall–Kier alpha value is -2.29. The Morgan fingerprint density at radius 3 is 2.04 bits per heavy atom. The van der Waals surface area contributed by atoms with E-state index in [4.69, 9.17) is 0 Å². The first-order chi connectivity index (χ1) is 11.1. The molecular formula is C20H24N2O. The number of hydrogen-bond acceptors (Lipinski definition) is 2. The predicted molar refractivity (Wildman–Crippen MR) is 95.1 cm³/mol. The number of carbonyl (C=O) groups is 1. The van der Waals surface area contributed by atoms with E-state index in [1.165, 1.54) is 11.3 Å². The lowest BCUT2D eigenvalue weighted by Crippen LogP contribution is -2.48. The molecule has 3 heteroatoms. The molecule has 1 fully saturated rings. The van der Waals surface area contributed by atoms with Gasteiger partial charge in [-0.1, -0.05) is 44.2 Å². The fourth-order valence-corrected chi connectivity index (χ4v) is 3.00. The van der Waals surface area contributed by atoms with Gasteiger partial charge in [0.25, 0.3) is 5.91 Å². The standard InChI is InChI=1S/C20H24N2O/c1-16(2)17-8-10-18(11-9-17)20(23)22-14-12-21(13-15-22)19-6-4-3-5-7-19/h3-11,16H,12-15H2,1-2H3. The first kappa shape index (κ1) is 15.6. The molecule has 0 aromatic heterocycles. The van der Waals surface area contributed by atoms with E-state index < -0.39 is 0 Å². The zero-order chi connectivity index (χ0) is 16.2. The smallest absolute Gasteiger partial charge is 0.253 e. The summed E-state index contributed by atoms with van der Waals surface area (Å²) in [6.45, 7) is 7.66. The quantitative estimate of drug-likeness (QED) is 0.861. The van der Waals surface area contributed by atoms with Gasteiger partial charge in [-0.2, -0.15) is 0 Å². The van der Waals surface area contributed by atoms with Gasteiger partial charge >= 0.3 is 0 Å². The maximum absolute atomic E-state index is 12.6. The lowest BCUT2D eigenvalue weighted by molar-refractivity contribution is 0.0747. The van der Waals surface area contributed by atoms with Crippen molar-refractivity contribution in [3.05, 3.63) is 65.7 Å². The van der Waals surface area contributed by atoms with Gasteiger partial charge in [0.2, 0.25) is 0 Å². The molecule has 0 N–H and O–H groups in total. The Balaban J connectivity index is 1.62. The highest BCUT2D eigenvalue weighted by Crippen LogP contribution is 2.18. The van der Waals surface area contributed by atoms with Crippen molar-refractivity contribution in [1.29, 1.82) is 0 Å². The van der Waals surface area contributed by atoms with Gasteiger partial charge in [0.15, 0.2) is 0 Å². The summed E-state index contributed by atoms with van der Waals surface area (Å²) in [5, 5.41) is 0. The van der Waals surface area contributed by atoms with E-state index in [1.54, 1.807) is 0 Å². The van der Waals surface area contributed by atoms with E-state index >= 15 is 0 Å². The molecule has 1 aliphatic rings. The van der Waals surface area contributed by atoms with Gasteiger partial charge in [-0.15, -0.1) is 0 Å². The Bertz CT molecular complexity index is 641. The number of rotatable bonds is 3. The Morgan fingerprint density at radius 2 is 1.48 bits per heavy atom. The van der Waals surface area contributed by atoms with E-state index in [-0.39, 0.29) is 5.91 Å². The largest absolute Gasteiger partial charge is 0.368 e. The van der Waals surface area contributed by atoms with E-state index in [9.17, 15) is 4.79 Å². The molecule has 0 unspecified atom stereocenters. The van der Waals surface area contributed by atoms with Crippen LogP contribution < -0.4 is 4.90 Å². The molecule has 1 amide bonds. The van der Waals surface area contributed by atoms with E-state index in [2.05, 4.69) is 55.1 Å². The Labute approximate surface area is 138 Å². The number of nitrogens with zero attached hydrogens (tertiary/aromatic N) is 2. The average molecular weight is 308 g/mol. The van der Waals surface area contributed by atoms with Gasteiger partial charge in [0.05, 0.1) is 0 Å². The highest BCUT2D eigenvalue weighted by Gasteiger charge is 2.22. The van der Waals surface area contributed by atoms with Crippen LogP contribution in [0.4, 0.5) is 5.69 Å². The summed E-state index contributed by atoms with van der Waals surface area (Å²) in [6, 6.07) is 18.5. The third kappa shape index (κ3) is 3.55. The second-order valence-corrected chi connectivity index (χ2v) is 6.39. The van der Waals surface area contributed by atoms with Crippen LogP contribution in [0.3, 0.4) is 0 Å². The molecule has 0 saturated carbocycles. The van der Waals surface area contributed by atoms with Gasteiger partial charge in [-0.05, 0) is 35.7 Å². The molecule has 0 bridgehead atoms. The lowest BCUT2D eigenvalue weighted by Gasteiger charge is -2.36. The molecule has 120 valence electrons. The van der Waals surface area contributed by atoms with Crippen LogP contribution in [0.1, 0.15) is 35.7 Å². The van der Waals surface area contributed by atoms with Crippen LogP contribution in [0, 0.1) is 0 Å². The molecule has 1 aliphatic heterocycles. The number of anilines is 1. The van der Waals surface area contributed by atoms with Crippen molar-refractivity contribution in [3.63, 3.8) is 0 Å². The second-order valence-electron chi connectivity index (χ2n) is 6.39. The zero-order valence-corrected chi connectivity index (χ0v) is 13.9. The fourth-order valence-electron chi connectivity index (χ4n) is 3.00. The second kappa shape index (κ2) is 6.86. The summed E-state index contributed by atoms with van der Waals surface area (Å²) < 4.78 is 0. The Kier molecular flexibility index (Phi) is 4.65. The van der Waals surface area contributed by atoms with Crippen molar-refractivity contribution < 1.29 is 4.79 Å². The van der Waals surface area contributed by atoms with Crippen LogP contribution in [0.2, 0.25) is 0 Å². The molecule has 23 heavy (non-hydrogen) atoms. The Morgan fingerprint density at radius 1 is 0.870 bits per heavy atom. The van der Waals surface area contributed by atoms with E-state index in [0.717, 1.165) is 31.7 Å². The summed E-state index contributed by atoms with van der Waals surface area (Å²) in [4.78, 5) is 16.9. The average Bonchev–Trinajstić information content (AvgIpc) is 2.62. The maximum atomic E-state index is 12.6. The summed E-state index contributed by atoms with van der Waals surface area (Å²) in [7, 11) is 0. The zero-order valence-electron chi connectivity index (χ0n) is 13.9. The molecular weight excluding hydrogens is 284 g/mol. The normalized spacial score (nSPS) is 15.1. The monoisotopic (exact) mass is 308 g/mol. The van der Waals surface area contributed by atoms with Crippen LogP contribution in [0.15, 0.2) is 54.6 Å². The maximum Gasteiger partial charge on any atom is 0.253 e. The van der Waals surface area contributed by atoms with Gasteiger partial charge in [0, 0.05) is 37.4 Å². The molecule has 2 aromatic rings. The topological polar surface area (TPSA) is 23.6 Å². The van der Waals surface area contributed by atoms with Crippen LogP contribution in [0.25, 0.3) is 0 Å². The number of piperazine rings is 1. The van der Waals surface area contributed by atoms with Gasteiger partial charge in [-0.25, -0.2) is 0 Å². The third-order valence-electron chi connectivity index (χ3n) is 4.51. The highest BCUT2D eigenvalue weighted by molar-refractivity contribution is 5.94. The number of carbonyl (C=O) groups excluding carboxylic acids is 1. The molecule has 0 aliphatic carbocycles. The summed E-state index contributed by atoms with van der Waals surface area (Å²) in [5.74, 6) is 0.640. The molecule has 3 nitrogen and oxygen atoms in total. The van der Waals surface area contributed by atoms with Crippen LogP contribution >= 0.6 is 0 Å². The third-order valence-corrected chi connectivity index (χ3v) is 4.51. The SMILES string of the molecule is CC(C)c1ccc(C(=O)N2CCN(c3ccccc3)CC2)cc1. The van der Waals surface area contributed by atoms with Crippen LogP contribution in [-0.4, -0.2) is 37.0 Å². The van der Waals surface area contributed by atoms with Gasteiger partial charge in [-0.3, -0.25) is 4.79 Å². The molecule has 3 rings (SSSR count). The van der Waals surface area contributed by atoms with Crippen molar-refractivity contribution in [2.75, 3.05) is 31.1 Å². The van der Waals surface area contributed by atoms with E-state index in [0.29, 0.717) is 5.92 Å². The minimum Gasteiger partial charge on any atom is -0.368 e.